The number of benzene rings is 1. The van der Waals surface area contributed by atoms with Crippen LogP contribution in [0.5, 0.6) is 5.75 Å². The molecule has 0 fully saturated rings. The van der Waals surface area contributed by atoms with Gasteiger partial charge in [-0.05, 0) is 93.9 Å². The summed E-state index contributed by atoms with van der Waals surface area (Å²) in [5, 5.41) is 9.77. The summed E-state index contributed by atoms with van der Waals surface area (Å²) in [5.74, 6) is -0.991. The summed E-state index contributed by atoms with van der Waals surface area (Å²) >= 11 is 0. The van der Waals surface area contributed by atoms with Crippen LogP contribution in [0.2, 0.25) is 0 Å². The average molecular weight is 565 g/mol. The number of hydrogen-bond acceptors (Lipinski definition) is 8. The van der Waals surface area contributed by atoms with Crippen LogP contribution in [0.15, 0.2) is 12.1 Å². The molecule has 214 valence electrons. The van der Waals surface area contributed by atoms with Crippen LogP contribution in [0, 0.1) is 6.92 Å². The lowest BCUT2D eigenvalue weighted by atomic mass is 9.79. The Morgan fingerprint density at radius 2 is 1.30 bits per heavy atom. The molecule has 9 nitrogen and oxygen atoms in total. The zero-order chi connectivity index (χ0) is 29.2. The first kappa shape index (κ1) is 33.8. The van der Waals surface area contributed by atoms with E-state index >= 15 is 0 Å². The molecule has 0 heterocycles. The highest BCUT2D eigenvalue weighted by molar-refractivity contribution is 7.62. The van der Waals surface area contributed by atoms with Crippen LogP contribution in [-0.4, -0.2) is 34.5 Å². The fraction of sp³-hybridized carbons (Fsp3) is 0.731. The van der Waals surface area contributed by atoms with Gasteiger partial charge in [0.25, 0.3) is 0 Å². The Balaban J connectivity index is 3.98. The van der Waals surface area contributed by atoms with Gasteiger partial charge in [-0.15, -0.1) is 0 Å². The minimum Gasteiger partial charge on any atom is -0.481 e. The minimum absolute atomic E-state index is 0.0259. The predicted molar refractivity (Wildman–Crippen MR) is 146 cm³/mol. The Bertz CT molecular complexity index is 1010. The highest BCUT2D eigenvalue weighted by Gasteiger charge is 2.42. The zero-order valence-electron chi connectivity index (χ0n) is 24.6. The van der Waals surface area contributed by atoms with E-state index in [0.29, 0.717) is 11.1 Å². The van der Waals surface area contributed by atoms with E-state index in [1.807, 2.05) is 0 Å². The molecular formula is C26H46O9P2. The van der Waals surface area contributed by atoms with Crippen molar-refractivity contribution in [3.05, 3.63) is 23.3 Å². The number of aliphatic carboxylic acids is 1. The second-order valence-electron chi connectivity index (χ2n) is 12.3. The molecule has 0 unspecified atom stereocenters. The van der Waals surface area contributed by atoms with E-state index in [1.54, 1.807) is 96.1 Å². The minimum atomic E-state index is -4.28. The summed E-state index contributed by atoms with van der Waals surface area (Å²) in [7, 11) is -8.13. The highest BCUT2D eigenvalue weighted by atomic mass is 31.2. The molecule has 1 aromatic rings. The van der Waals surface area contributed by atoms with E-state index in [-0.39, 0.29) is 17.5 Å². The number of carbonyl (C=O) groups is 1. The molecule has 1 N–H and O–H groups in total. The summed E-state index contributed by atoms with van der Waals surface area (Å²) in [6.45, 7) is 22.5. The third-order valence-electron chi connectivity index (χ3n) is 4.55. The molecule has 0 saturated carbocycles. The molecule has 11 heteroatoms. The Morgan fingerprint density at radius 3 is 1.65 bits per heavy atom. The fourth-order valence-electron chi connectivity index (χ4n) is 3.85. The molecule has 0 bridgehead atoms. The SMILES string of the molecule is Cc1cc(P(=O)(OC(C)C)OC(C)C)cc(OP(=O)(OC(C)(C)C)OC(C)(C)C)c1C(C)(C)CC(=O)O. The van der Waals surface area contributed by atoms with Crippen molar-refractivity contribution in [3.63, 3.8) is 0 Å². The van der Waals surface area contributed by atoms with Crippen LogP contribution >= 0.6 is 15.4 Å². The van der Waals surface area contributed by atoms with Crippen molar-refractivity contribution in [2.24, 2.45) is 0 Å². The van der Waals surface area contributed by atoms with Gasteiger partial charge in [-0.2, -0.15) is 0 Å². The smallest absolute Gasteiger partial charge is 0.481 e. The molecule has 0 aliphatic rings. The molecule has 0 amide bonds. The molecule has 0 saturated heterocycles. The summed E-state index contributed by atoms with van der Waals surface area (Å²) in [4.78, 5) is 11.7. The van der Waals surface area contributed by atoms with Gasteiger partial charge in [0.15, 0.2) is 0 Å². The van der Waals surface area contributed by atoms with E-state index < -0.39 is 50.2 Å². The summed E-state index contributed by atoms with van der Waals surface area (Å²) in [5.41, 5.74) is -1.73. The van der Waals surface area contributed by atoms with Crippen LogP contribution in [0.1, 0.15) is 101 Å². The molecule has 0 radical (unpaired) electrons. The molecule has 37 heavy (non-hydrogen) atoms. The Labute approximate surface area is 222 Å². The quantitative estimate of drug-likeness (QED) is 0.257. The number of hydrogen-bond donors (Lipinski definition) is 1. The second-order valence-corrected chi connectivity index (χ2v) is 15.7. The fourth-order valence-corrected chi connectivity index (χ4v) is 7.72. The standard InChI is InChI=1S/C26H46O9P2/c1-17(2)31-36(29,32-18(3)4)20-14-19(5)23(26(12,13)16-22(27)28)21(15-20)33-37(30,34-24(6,7)8)35-25(9,10)11/h14-15,17-18H,16H2,1-13H3,(H,27,28). The average Bonchev–Trinajstić information content (AvgIpc) is 2.53. The lowest BCUT2D eigenvalue weighted by molar-refractivity contribution is -0.138. The maximum Gasteiger partial charge on any atom is 0.531 e. The largest absolute Gasteiger partial charge is 0.531 e. The number of aryl methyl sites for hydroxylation is 1. The highest BCUT2D eigenvalue weighted by Crippen LogP contribution is 2.58. The normalized spacial score (nSPS) is 13.9. The topological polar surface area (TPSA) is 118 Å². The lowest BCUT2D eigenvalue weighted by Crippen LogP contribution is -2.28. The summed E-state index contributed by atoms with van der Waals surface area (Å²) in [6.07, 6.45) is -1.08. The van der Waals surface area contributed by atoms with E-state index in [2.05, 4.69) is 0 Å². The van der Waals surface area contributed by atoms with Gasteiger partial charge in [0.1, 0.15) is 5.75 Å². The van der Waals surface area contributed by atoms with Crippen LogP contribution in [0.4, 0.5) is 0 Å². The summed E-state index contributed by atoms with van der Waals surface area (Å²) < 4.78 is 57.3. The first-order valence-corrected chi connectivity index (χ1v) is 15.4. The van der Waals surface area contributed by atoms with E-state index in [4.69, 9.17) is 22.6 Å². The molecule has 0 aliphatic carbocycles. The van der Waals surface area contributed by atoms with E-state index in [1.165, 1.54) is 6.07 Å². The number of carboxylic acid groups (broad SMARTS) is 1. The molecule has 0 spiro atoms. The van der Waals surface area contributed by atoms with E-state index in [0.717, 1.165) is 0 Å². The third kappa shape index (κ3) is 10.8. The zero-order valence-corrected chi connectivity index (χ0v) is 26.4. The molecule has 0 aliphatic heterocycles. The Morgan fingerprint density at radius 1 is 0.865 bits per heavy atom. The van der Waals surface area contributed by atoms with Gasteiger partial charge < -0.3 is 18.7 Å². The monoisotopic (exact) mass is 564 g/mol. The first-order chi connectivity index (χ1) is 16.4. The van der Waals surface area contributed by atoms with Crippen LogP contribution in [-0.2, 0) is 37.4 Å². The van der Waals surface area contributed by atoms with Gasteiger partial charge in [0.2, 0.25) is 0 Å². The number of phosphoric ester groups is 1. The number of carboxylic acids is 1. The van der Waals surface area contributed by atoms with Gasteiger partial charge in [-0.25, -0.2) is 4.57 Å². The maximum atomic E-state index is 14.0. The Kier molecular flexibility index (Phi) is 10.9. The van der Waals surface area contributed by atoms with Crippen molar-refractivity contribution in [2.45, 2.75) is 125 Å². The van der Waals surface area contributed by atoms with Gasteiger partial charge in [-0.1, -0.05) is 13.8 Å². The van der Waals surface area contributed by atoms with E-state index in [9.17, 15) is 19.0 Å². The van der Waals surface area contributed by atoms with Crippen LogP contribution in [0.3, 0.4) is 0 Å². The van der Waals surface area contributed by atoms with Crippen LogP contribution < -0.4 is 9.83 Å². The molecule has 1 rings (SSSR count). The summed E-state index contributed by atoms with van der Waals surface area (Å²) in [6, 6.07) is 3.07. The lowest BCUT2D eigenvalue weighted by Gasteiger charge is -2.34. The number of phosphoric acid groups is 1. The van der Waals surface area contributed by atoms with Gasteiger partial charge in [0.05, 0.1) is 35.1 Å². The maximum absolute atomic E-state index is 14.0. The second kappa shape index (κ2) is 11.9. The third-order valence-corrected chi connectivity index (χ3v) is 8.80. The Hall–Kier alpha value is -1.21. The number of rotatable bonds is 12. The van der Waals surface area contributed by atoms with Crippen molar-refractivity contribution in [1.29, 1.82) is 0 Å². The molecule has 1 aromatic carbocycles. The van der Waals surface area contributed by atoms with Crippen molar-refractivity contribution in [1.82, 2.24) is 0 Å². The van der Waals surface area contributed by atoms with Crippen molar-refractivity contribution in [3.8, 4) is 5.75 Å². The van der Waals surface area contributed by atoms with Gasteiger partial charge in [-0.3, -0.25) is 18.4 Å². The molecule has 0 atom stereocenters. The van der Waals surface area contributed by atoms with Gasteiger partial charge in [0, 0.05) is 11.0 Å². The molecule has 0 aromatic heterocycles. The predicted octanol–water partition coefficient (Wildman–Crippen LogP) is 7.53. The molecular weight excluding hydrogens is 518 g/mol. The van der Waals surface area contributed by atoms with Crippen molar-refractivity contribution < 1.29 is 41.6 Å². The van der Waals surface area contributed by atoms with Crippen molar-refractivity contribution in [2.75, 3.05) is 0 Å². The van der Waals surface area contributed by atoms with Crippen LogP contribution in [0.25, 0.3) is 0 Å². The first-order valence-electron chi connectivity index (χ1n) is 12.4. The van der Waals surface area contributed by atoms with Gasteiger partial charge >= 0.3 is 21.4 Å². The van der Waals surface area contributed by atoms with Crippen molar-refractivity contribution >= 4 is 26.7 Å².